The fraction of sp³-hybridized carbons (Fsp3) is 0.0667. The van der Waals surface area contributed by atoms with Gasteiger partial charge in [0.15, 0.2) is 0 Å². The molecule has 0 aliphatic heterocycles. The van der Waals surface area contributed by atoms with Crippen LogP contribution in [-0.4, -0.2) is 10.9 Å². The third kappa shape index (κ3) is 3.29. The Morgan fingerprint density at radius 3 is 2.57 bits per heavy atom. The molecule has 0 saturated heterocycles. The maximum absolute atomic E-state index is 10.9. The van der Waals surface area contributed by atoms with E-state index >= 15 is 0 Å². The molecule has 0 aliphatic rings. The Kier molecular flexibility index (Phi) is 3.70. The number of rotatable bonds is 3. The van der Waals surface area contributed by atoms with Crippen molar-refractivity contribution in [3.05, 3.63) is 48.5 Å². The van der Waals surface area contributed by atoms with Crippen molar-refractivity contribution in [1.82, 2.24) is 4.98 Å². The van der Waals surface area contributed by atoms with E-state index in [1.54, 1.807) is 24.3 Å². The summed E-state index contributed by atoms with van der Waals surface area (Å²) in [5, 5.41) is 11.6. The monoisotopic (exact) mass is 296 g/mol. The molecule has 1 heterocycles. The van der Waals surface area contributed by atoms with E-state index < -0.39 is 0 Å². The van der Waals surface area contributed by atoms with Crippen molar-refractivity contribution in [1.29, 1.82) is 0 Å². The van der Waals surface area contributed by atoms with Gasteiger partial charge in [-0.3, -0.25) is 4.79 Å². The van der Waals surface area contributed by atoms with Crippen molar-refractivity contribution < 1.29 is 4.79 Å². The summed E-state index contributed by atoms with van der Waals surface area (Å²) in [7, 11) is 0. The van der Waals surface area contributed by atoms with E-state index in [2.05, 4.69) is 20.5 Å². The zero-order valence-corrected chi connectivity index (χ0v) is 12.1. The average molecular weight is 296 g/mol. The van der Waals surface area contributed by atoms with Crippen molar-refractivity contribution in [3.8, 4) is 0 Å². The van der Waals surface area contributed by atoms with Gasteiger partial charge in [0.05, 0.1) is 15.9 Å². The van der Waals surface area contributed by atoms with Gasteiger partial charge in [-0.1, -0.05) is 23.5 Å². The molecule has 104 valence electrons. The van der Waals surface area contributed by atoms with Gasteiger partial charge in [-0.05, 0) is 36.4 Å². The number of benzene rings is 2. The van der Waals surface area contributed by atoms with E-state index in [4.69, 9.17) is 0 Å². The molecule has 1 aromatic heterocycles. The maximum atomic E-state index is 10.9. The predicted molar refractivity (Wildman–Crippen MR) is 84.5 cm³/mol. The van der Waals surface area contributed by atoms with Crippen LogP contribution in [0.2, 0.25) is 0 Å². The van der Waals surface area contributed by atoms with Gasteiger partial charge < -0.3 is 5.32 Å². The molecule has 0 aliphatic carbocycles. The average Bonchev–Trinajstić information content (AvgIpc) is 2.89. The molecular weight excluding hydrogens is 284 g/mol. The van der Waals surface area contributed by atoms with Crippen LogP contribution >= 0.6 is 11.3 Å². The lowest BCUT2D eigenvalue weighted by Gasteiger charge is -2.00. The lowest BCUT2D eigenvalue weighted by Crippen LogP contribution is -2.04. The van der Waals surface area contributed by atoms with Crippen LogP contribution in [0.1, 0.15) is 6.92 Å². The van der Waals surface area contributed by atoms with Crippen LogP contribution in [0.15, 0.2) is 58.8 Å². The Hall–Kier alpha value is -2.60. The van der Waals surface area contributed by atoms with Gasteiger partial charge in [0, 0.05) is 12.6 Å². The summed E-state index contributed by atoms with van der Waals surface area (Å²) >= 11 is 1.50. The molecule has 1 amide bonds. The highest BCUT2D eigenvalue weighted by Gasteiger charge is 2.01. The predicted octanol–water partition coefficient (Wildman–Crippen LogP) is 4.67. The first-order chi connectivity index (χ1) is 10.2. The van der Waals surface area contributed by atoms with Gasteiger partial charge in [-0.25, -0.2) is 4.98 Å². The lowest BCUT2D eigenvalue weighted by atomic mass is 10.3. The van der Waals surface area contributed by atoms with E-state index in [0.29, 0.717) is 10.8 Å². The highest BCUT2D eigenvalue weighted by atomic mass is 32.1. The summed E-state index contributed by atoms with van der Waals surface area (Å²) in [6.45, 7) is 1.47. The number of carbonyl (C=O) groups is 1. The maximum Gasteiger partial charge on any atom is 0.231 e. The van der Waals surface area contributed by atoms with Crippen LogP contribution in [0.3, 0.4) is 0 Å². The molecule has 3 rings (SSSR count). The molecule has 0 spiro atoms. The van der Waals surface area contributed by atoms with E-state index in [9.17, 15) is 4.79 Å². The molecular formula is C15H12N4OS. The number of aromatic nitrogens is 1. The molecule has 0 saturated carbocycles. The number of hydrogen-bond donors (Lipinski definition) is 1. The molecule has 0 fully saturated rings. The normalized spacial score (nSPS) is 11.1. The van der Waals surface area contributed by atoms with Crippen LogP contribution in [0, 0.1) is 0 Å². The van der Waals surface area contributed by atoms with Crippen molar-refractivity contribution in [2.75, 3.05) is 5.32 Å². The summed E-state index contributed by atoms with van der Waals surface area (Å²) in [6, 6.07) is 15.0. The number of nitrogens with zero attached hydrogens (tertiary/aromatic N) is 3. The van der Waals surface area contributed by atoms with Gasteiger partial charge in [-0.15, -0.1) is 10.2 Å². The summed E-state index contributed by atoms with van der Waals surface area (Å²) in [5.74, 6) is -0.0983. The van der Waals surface area contributed by atoms with Crippen molar-refractivity contribution in [2.45, 2.75) is 6.92 Å². The summed E-state index contributed by atoms with van der Waals surface area (Å²) in [6.07, 6.45) is 0. The molecule has 1 N–H and O–H groups in total. The number of carbonyl (C=O) groups excluding carboxylic acids is 1. The van der Waals surface area contributed by atoms with Crippen LogP contribution in [0.4, 0.5) is 16.5 Å². The number of fused-ring (bicyclic) bond motifs is 1. The van der Waals surface area contributed by atoms with Gasteiger partial charge in [0.25, 0.3) is 0 Å². The zero-order valence-electron chi connectivity index (χ0n) is 11.3. The van der Waals surface area contributed by atoms with E-state index in [1.165, 1.54) is 18.3 Å². The molecule has 0 unspecified atom stereocenters. The lowest BCUT2D eigenvalue weighted by molar-refractivity contribution is -0.114. The number of amides is 1. The molecule has 3 aromatic rings. The second-order valence-electron chi connectivity index (χ2n) is 4.39. The summed E-state index contributed by atoms with van der Waals surface area (Å²) in [4.78, 5) is 15.3. The highest BCUT2D eigenvalue weighted by molar-refractivity contribution is 7.21. The first-order valence-corrected chi connectivity index (χ1v) is 7.17. The minimum Gasteiger partial charge on any atom is -0.326 e. The Bertz CT molecular complexity index is 775. The van der Waals surface area contributed by atoms with Crippen molar-refractivity contribution >= 4 is 44.0 Å². The topological polar surface area (TPSA) is 66.7 Å². The highest BCUT2D eigenvalue weighted by Crippen LogP contribution is 2.29. The van der Waals surface area contributed by atoms with E-state index in [-0.39, 0.29) is 5.91 Å². The Labute approximate surface area is 125 Å². The quantitative estimate of drug-likeness (QED) is 0.714. The smallest absolute Gasteiger partial charge is 0.231 e. The molecule has 0 atom stereocenters. The molecule has 2 aromatic carbocycles. The number of para-hydroxylation sites is 1. The molecule has 0 bridgehead atoms. The summed E-state index contributed by atoms with van der Waals surface area (Å²) < 4.78 is 1.09. The Balaban J connectivity index is 1.77. The minimum atomic E-state index is -0.0983. The Morgan fingerprint density at radius 2 is 1.86 bits per heavy atom. The largest absolute Gasteiger partial charge is 0.326 e. The van der Waals surface area contributed by atoms with Crippen LogP contribution in [0.25, 0.3) is 10.2 Å². The van der Waals surface area contributed by atoms with Crippen LogP contribution in [0.5, 0.6) is 0 Å². The van der Waals surface area contributed by atoms with Gasteiger partial charge in [0.2, 0.25) is 11.0 Å². The van der Waals surface area contributed by atoms with Gasteiger partial charge in [0.1, 0.15) is 0 Å². The zero-order chi connectivity index (χ0) is 14.7. The molecule has 21 heavy (non-hydrogen) atoms. The SMILES string of the molecule is CC(=O)Nc1ccc(N=Nc2nc3ccccc3s2)cc1. The number of hydrogen-bond acceptors (Lipinski definition) is 5. The fourth-order valence-electron chi connectivity index (χ4n) is 1.82. The van der Waals surface area contributed by atoms with Crippen LogP contribution in [-0.2, 0) is 4.79 Å². The molecule has 6 heteroatoms. The number of thiazole rings is 1. The van der Waals surface area contributed by atoms with Crippen LogP contribution < -0.4 is 5.32 Å². The summed E-state index contributed by atoms with van der Waals surface area (Å²) in [5.41, 5.74) is 2.38. The minimum absolute atomic E-state index is 0.0983. The fourth-order valence-corrected chi connectivity index (χ4v) is 2.61. The first kappa shape index (κ1) is 13.4. The molecule has 0 radical (unpaired) electrons. The van der Waals surface area contributed by atoms with Gasteiger partial charge in [-0.2, -0.15) is 0 Å². The second-order valence-corrected chi connectivity index (χ2v) is 5.40. The molecule has 5 nitrogen and oxygen atoms in total. The van der Waals surface area contributed by atoms with E-state index in [1.807, 2.05) is 24.3 Å². The van der Waals surface area contributed by atoms with Crippen molar-refractivity contribution in [3.63, 3.8) is 0 Å². The standard InChI is InChI=1S/C15H12N4OS/c1-10(20)16-11-6-8-12(9-7-11)18-19-15-17-13-4-2-3-5-14(13)21-15/h2-9H,1H3,(H,16,20). The number of azo groups is 1. The first-order valence-electron chi connectivity index (χ1n) is 6.36. The third-order valence-corrected chi connectivity index (χ3v) is 3.64. The second kappa shape index (κ2) is 5.80. The van der Waals surface area contributed by atoms with Crippen molar-refractivity contribution in [2.24, 2.45) is 10.2 Å². The van der Waals surface area contributed by atoms with Gasteiger partial charge >= 0.3 is 0 Å². The number of anilines is 1. The third-order valence-electron chi connectivity index (χ3n) is 2.72. The van der Waals surface area contributed by atoms with E-state index in [0.717, 1.165) is 15.9 Å². The number of nitrogens with one attached hydrogen (secondary N) is 1. The Morgan fingerprint density at radius 1 is 1.10 bits per heavy atom.